The largest absolute Gasteiger partial charge is 0.351 e. The highest BCUT2D eigenvalue weighted by Gasteiger charge is 2.03. The number of halogens is 1. The molecule has 14 heavy (non-hydrogen) atoms. The lowest BCUT2D eigenvalue weighted by Gasteiger charge is -2.02. The van der Waals surface area contributed by atoms with Crippen molar-refractivity contribution in [2.45, 2.75) is 19.9 Å². The topological polar surface area (TPSA) is 42.2 Å². The summed E-state index contributed by atoms with van der Waals surface area (Å²) in [4.78, 5) is 4.31. The zero-order chi connectivity index (χ0) is 10.1. The van der Waals surface area contributed by atoms with Crippen LogP contribution in [0.3, 0.4) is 0 Å². The number of nitrogens with one attached hydrogen (secondary N) is 1. The molecule has 0 saturated heterocycles. The van der Waals surface area contributed by atoms with Crippen molar-refractivity contribution in [3.05, 3.63) is 22.8 Å². The van der Waals surface area contributed by atoms with Gasteiger partial charge in [-0.1, -0.05) is 0 Å². The molecule has 0 radical (unpaired) electrons. The summed E-state index contributed by atoms with van der Waals surface area (Å²) in [6.07, 6.45) is 1.88. The van der Waals surface area contributed by atoms with E-state index in [4.69, 9.17) is 0 Å². The summed E-state index contributed by atoms with van der Waals surface area (Å²) < 4.78 is 2.74. The first-order valence-corrected chi connectivity index (χ1v) is 5.23. The van der Waals surface area contributed by atoms with Gasteiger partial charge in [0.05, 0.1) is 0 Å². The van der Waals surface area contributed by atoms with Crippen molar-refractivity contribution >= 4 is 27.5 Å². The van der Waals surface area contributed by atoms with Crippen LogP contribution in [-0.2, 0) is 0 Å². The van der Waals surface area contributed by atoms with E-state index < -0.39 is 0 Å². The fourth-order valence-electron chi connectivity index (χ4n) is 1.18. The van der Waals surface area contributed by atoms with Crippen LogP contribution in [-0.4, -0.2) is 20.6 Å². The maximum atomic E-state index is 4.31. The summed E-state index contributed by atoms with van der Waals surface area (Å²) in [5.74, 6) is 0.665. The van der Waals surface area contributed by atoms with E-state index in [1.807, 2.05) is 18.3 Å². The Balaban J connectivity index is 2.41. The van der Waals surface area contributed by atoms with Gasteiger partial charge < -0.3 is 5.32 Å². The molecule has 0 amide bonds. The third-order valence-corrected chi connectivity index (χ3v) is 2.18. The first kappa shape index (κ1) is 9.45. The van der Waals surface area contributed by atoms with Crippen molar-refractivity contribution in [3.63, 3.8) is 0 Å². The lowest BCUT2D eigenvalue weighted by Crippen LogP contribution is -2.10. The Hall–Kier alpha value is -1.10. The number of hydrogen-bond acceptors (Lipinski definition) is 3. The summed E-state index contributed by atoms with van der Waals surface area (Å²) >= 11 is 3.38. The summed E-state index contributed by atoms with van der Waals surface area (Å²) in [7, 11) is 0. The predicted molar refractivity (Wildman–Crippen MR) is 59.4 cm³/mol. The number of fused-ring (bicyclic) bond motifs is 1. The number of anilines is 1. The van der Waals surface area contributed by atoms with Crippen LogP contribution in [0, 0.1) is 0 Å². The molecule has 4 nitrogen and oxygen atoms in total. The number of aromatic nitrogens is 3. The molecule has 0 aliphatic carbocycles. The van der Waals surface area contributed by atoms with Crippen molar-refractivity contribution in [1.82, 2.24) is 14.6 Å². The molecule has 1 N–H and O–H groups in total. The Morgan fingerprint density at radius 1 is 1.43 bits per heavy atom. The summed E-state index contributed by atoms with van der Waals surface area (Å²) in [6.45, 7) is 4.11. The second kappa shape index (κ2) is 3.57. The van der Waals surface area contributed by atoms with E-state index in [0.29, 0.717) is 12.0 Å². The second-order valence-corrected chi connectivity index (χ2v) is 4.30. The number of hydrogen-bond donors (Lipinski definition) is 1. The predicted octanol–water partition coefficient (Wildman–Crippen LogP) is 2.31. The van der Waals surface area contributed by atoms with E-state index in [9.17, 15) is 0 Å². The molecular weight excluding hydrogens is 244 g/mol. The lowest BCUT2D eigenvalue weighted by molar-refractivity contribution is 0.864. The minimum absolute atomic E-state index is 0.343. The van der Waals surface area contributed by atoms with Crippen LogP contribution in [0.1, 0.15) is 13.8 Å². The van der Waals surface area contributed by atoms with Crippen LogP contribution in [0.4, 0.5) is 5.95 Å². The standard InChI is InChI=1S/C9H11BrN4/c1-6(2)11-9-12-8-4-3-7(10)5-14(8)13-9/h3-6H,1-2H3,(H,11,13). The molecule has 0 spiro atoms. The fraction of sp³-hybridized carbons (Fsp3) is 0.333. The second-order valence-electron chi connectivity index (χ2n) is 3.38. The average molecular weight is 255 g/mol. The minimum Gasteiger partial charge on any atom is -0.351 e. The van der Waals surface area contributed by atoms with Gasteiger partial charge in [-0.25, -0.2) is 4.52 Å². The maximum absolute atomic E-state index is 4.31. The smallest absolute Gasteiger partial charge is 0.243 e. The van der Waals surface area contributed by atoms with E-state index in [1.54, 1.807) is 4.52 Å². The maximum Gasteiger partial charge on any atom is 0.243 e. The van der Waals surface area contributed by atoms with Gasteiger partial charge in [0.15, 0.2) is 5.65 Å². The van der Waals surface area contributed by atoms with Crippen molar-refractivity contribution in [3.8, 4) is 0 Å². The molecule has 5 heteroatoms. The monoisotopic (exact) mass is 254 g/mol. The van der Waals surface area contributed by atoms with Gasteiger partial charge in [-0.3, -0.25) is 0 Å². The van der Waals surface area contributed by atoms with Crippen LogP contribution in [0.2, 0.25) is 0 Å². The van der Waals surface area contributed by atoms with Crippen molar-refractivity contribution in [1.29, 1.82) is 0 Å². The Bertz CT molecular complexity index is 449. The summed E-state index contributed by atoms with van der Waals surface area (Å²) in [5.41, 5.74) is 0.844. The molecule has 0 aliphatic heterocycles. The van der Waals surface area contributed by atoms with Crippen molar-refractivity contribution in [2.75, 3.05) is 5.32 Å². The van der Waals surface area contributed by atoms with Gasteiger partial charge >= 0.3 is 0 Å². The molecule has 0 unspecified atom stereocenters. The van der Waals surface area contributed by atoms with Gasteiger partial charge in [0.1, 0.15) is 0 Å². The molecule has 2 heterocycles. The van der Waals surface area contributed by atoms with Crippen LogP contribution in [0.15, 0.2) is 22.8 Å². The zero-order valence-corrected chi connectivity index (χ0v) is 9.62. The Labute approximate surface area is 90.5 Å². The molecule has 0 saturated carbocycles. The SMILES string of the molecule is CC(C)Nc1nc2ccc(Br)cn2n1. The average Bonchev–Trinajstić information content (AvgIpc) is 2.44. The third-order valence-electron chi connectivity index (χ3n) is 1.71. The van der Waals surface area contributed by atoms with Crippen LogP contribution >= 0.6 is 15.9 Å². The van der Waals surface area contributed by atoms with Gasteiger partial charge in [-0.2, -0.15) is 4.98 Å². The molecule has 74 valence electrons. The quantitative estimate of drug-likeness (QED) is 0.895. The third kappa shape index (κ3) is 1.87. The van der Waals surface area contributed by atoms with E-state index in [1.165, 1.54) is 0 Å². The molecule has 2 aromatic rings. The highest BCUT2D eigenvalue weighted by molar-refractivity contribution is 9.10. The van der Waals surface area contributed by atoms with Gasteiger partial charge in [-0.05, 0) is 41.9 Å². The Kier molecular flexibility index (Phi) is 2.41. The first-order chi connectivity index (χ1) is 6.65. The first-order valence-electron chi connectivity index (χ1n) is 4.43. The van der Waals surface area contributed by atoms with Gasteiger partial charge in [-0.15, -0.1) is 5.10 Å². The minimum atomic E-state index is 0.343. The van der Waals surface area contributed by atoms with E-state index in [0.717, 1.165) is 10.1 Å². The Morgan fingerprint density at radius 3 is 2.93 bits per heavy atom. The highest BCUT2D eigenvalue weighted by Crippen LogP contribution is 2.12. The molecule has 0 aromatic carbocycles. The van der Waals surface area contributed by atoms with Crippen molar-refractivity contribution in [2.24, 2.45) is 0 Å². The highest BCUT2D eigenvalue weighted by atomic mass is 79.9. The molecule has 0 atom stereocenters. The van der Waals surface area contributed by atoms with E-state index in [-0.39, 0.29) is 0 Å². The number of rotatable bonds is 2. The van der Waals surface area contributed by atoms with Crippen LogP contribution < -0.4 is 5.32 Å². The van der Waals surface area contributed by atoms with Crippen LogP contribution in [0.5, 0.6) is 0 Å². The number of nitrogens with zero attached hydrogens (tertiary/aromatic N) is 3. The molecular formula is C9H11BrN4. The fourth-order valence-corrected chi connectivity index (χ4v) is 1.50. The molecule has 0 bridgehead atoms. The normalized spacial score (nSPS) is 11.1. The zero-order valence-electron chi connectivity index (χ0n) is 8.03. The molecule has 0 fully saturated rings. The number of pyridine rings is 1. The lowest BCUT2D eigenvalue weighted by atomic mass is 10.4. The van der Waals surface area contributed by atoms with Gasteiger partial charge in [0.25, 0.3) is 0 Å². The Morgan fingerprint density at radius 2 is 2.21 bits per heavy atom. The van der Waals surface area contributed by atoms with E-state index in [2.05, 4.69) is 45.2 Å². The van der Waals surface area contributed by atoms with E-state index >= 15 is 0 Å². The molecule has 2 aromatic heterocycles. The van der Waals surface area contributed by atoms with Gasteiger partial charge in [0.2, 0.25) is 5.95 Å². The summed E-state index contributed by atoms with van der Waals surface area (Å²) in [5, 5.41) is 7.43. The molecule has 0 aliphatic rings. The van der Waals surface area contributed by atoms with Crippen molar-refractivity contribution < 1.29 is 0 Å². The van der Waals surface area contributed by atoms with Gasteiger partial charge in [0, 0.05) is 16.7 Å². The summed E-state index contributed by atoms with van der Waals surface area (Å²) in [6, 6.07) is 4.21. The van der Waals surface area contributed by atoms with Crippen LogP contribution in [0.25, 0.3) is 5.65 Å². The molecule has 2 rings (SSSR count).